The Morgan fingerprint density at radius 2 is 0.837 bits per heavy atom. The Morgan fingerprint density at radius 3 is 1.10 bits per heavy atom. The number of alkyl halides is 9. The predicted molar refractivity (Wildman–Crippen MR) is 236 cm³/mol. The van der Waals surface area contributed by atoms with Gasteiger partial charge >= 0.3 is 16.5 Å². The Morgan fingerprint density at radius 1 is 0.531 bits per heavy atom. The number of aromatic nitrogens is 2. The van der Waals surface area contributed by atoms with E-state index in [1.807, 2.05) is 60.7 Å². The molecular weight excluding hydrogens is 1320 g/mol. The second kappa shape index (κ2) is 32.5. The summed E-state index contributed by atoms with van der Waals surface area (Å²) in [5.74, 6) is 0.231. The first kappa shape index (κ1) is 53.4. The number of rotatable bonds is 8. The first-order chi connectivity index (χ1) is 22.5. The molecule has 4 aromatic rings. The van der Waals surface area contributed by atoms with E-state index in [9.17, 15) is 10.2 Å². The van der Waals surface area contributed by atoms with Crippen LogP contribution in [0.2, 0.25) is 0 Å². The van der Waals surface area contributed by atoms with Gasteiger partial charge in [0.2, 0.25) is 0 Å². The monoisotopic (exact) mass is 1340 g/mol. The van der Waals surface area contributed by atoms with Crippen molar-refractivity contribution < 1.29 is 26.7 Å². The number of benzene rings is 2. The Bertz CT molecular complexity index is 1320. The summed E-state index contributed by atoms with van der Waals surface area (Å²) in [5, 5.41) is 30.3. The molecule has 0 atom stereocenters. The summed E-state index contributed by atoms with van der Waals surface area (Å²) in [6.45, 7) is 2.48. The molecule has 274 valence electrons. The Kier molecular flexibility index (Phi) is 35.4. The van der Waals surface area contributed by atoms with E-state index in [4.69, 9.17) is 104 Å². The Balaban J connectivity index is 0. The zero-order chi connectivity index (χ0) is 36.6. The van der Waals surface area contributed by atoms with Crippen LogP contribution in [-0.2, 0) is 42.7 Å². The summed E-state index contributed by atoms with van der Waals surface area (Å²) in [4.78, 5) is 8.45. The van der Waals surface area contributed by atoms with Crippen LogP contribution < -0.4 is 20.8 Å². The third kappa shape index (κ3) is 30.2. The minimum Gasteiger partial charge on any atom is -0.872 e. The molecule has 2 heterocycles. The van der Waals surface area contributed by atoms with Crippen LogP contribution in [0, 0.1) is 14.3 Å². The average molecular weight is 1350 g/mol. The van der Waals surface area contributed by atoms with Crippen molar-refractivity contribution in [1.29, 1.82) is 0 Å². The molecule has 0 aliphatic rings. The molecular formula is C29H25Cl9I4N4NiO2. The van der Waals surface area contributed by atoms with Crippen LogP contribution in [0.1, 0.15) is 22.5 Å². The van der Waals surface area contributed by atoms with Crippen molar-refractivity contribution in [1.82, 2.24) is 20.6 Å². The van der Waals surface area contributed by atoms with Gasteiger partial charge in [-0.15, -0.1) is 0 Å². The first-order valence-corrected chi connectivity index (χ1v) is 21.0. The topological polar surface area (TPSA) is 96.0 Å². The van der Waals surface area contributed by atoms with Crippen molar-refractivity contribution in [3.05, 3.63) is 110 Å². The molecule has 0 radical (unpaired) electrons. The molecule has 6 nitrogen and oxygen atoms in total. The zero-order valence-electron chi connectivity index (χ0n) is 24.4. The van der Waals surface area contributed by atoms with Crippen molar-refractivity contribution in [2.75, 3.05) is 0 Å². The third-order valence-corrected chi connectivity index (χ3v) is 7.71. The van der Waals surface area contributed by atoms with Gasteiger partial charge in [0.15, 0.2) is 12.9 Å². The standard InChI is InChI=1S/2C13H12I2N2O.3CHCl3.Ni/c2*14-10-5-9(13(18)12(15)6-10)7-16-8-11-3-1-2-4-17-11;3*2-1(3)4;/h2*1-6,16,18H,7-8H2;3*1H;/q;;;;;+2/p-2. The molecule has 0 saturated heterocycles. The Hall–Kier alpha value is 2.28. The van der Waals surface area contributed by atoms with Crippen LogP contribution >= 0.6 is 195 Å². The van der Waals surface area contributed by atoms with Gasteiger partial charge in [-0.2, -0.15) is 0 Å². The third-order valence-electron chi connectivity index (χ3n) is 4.87. The van der Waals surface area contributed by atoms with Crippen molar-refractivity contribution >= 4 is 195 Å². The molecule has 0 aliphatic heterocycles. The van der Waals surface area contributed by atoms with Gasteiger partial charge in [-0.1, -0.05) is 128 Å². The van der Waals surface area contributed by atoms with Gasteiger partial charge in [0.05, 0.1) is 11.4 Å². The first-order valence-electron chi connectivity index (χ1n) is 12.8. The smallest absolute Gasteiger partial charge is 0.872 e. The molecule has 2 aromatic carbocycles. The molecule has 0 bridgehead atoms. The summed E-state index contributed by atoms with van der Waals surface area (Å²) < 4.78 is 1.47. The molecule has 2 N–H and O–H groups in total. The fourth-order valence-corrected chi connectivity index (χ4v) is 7.08. The van der Waals surface area contributed by atoms with Crippen LogP contribution in [-0.4, -0.2) is 22.9 Å². The van der Waals surface area contributed by atoms with Gasteiger partial charge in [0.25, 0.3) is 0 Å². The Labute approximate surface area is 396 Å². The van der Waals surface area contributed by atoms with Gasteiger partial charge in [-0.3, -0.25) is 9.97 Å². The van der Waals surface area contributed by atoms with E-state index in [0.717, 1.165) is 36.8 Å². The minimum atomic E-state index is -0.750. The molecule has 0 spiro atoms. The van der Waals surface area contributed by atoms with Crippen molar-refractivity contribution in [3.8, 4) is 11.5 Å². The van der Waals surface area contributed by atoms with E-state index in [0.29, 0.717) is 26.2 Å². The summed E-state index contributed by atoms with van der Waals surface area (Å²) in [5.41, 5.74) is 3.57. The SMILES string of the molecule is ClC(Cl)Cl.ClC(Cl)Cl.ClC(Cl)Cl.[Ni+2].[O-]c1c(I)cc(I)cc1CNCc1ccccn1.[O-]c1c(I)cc(I)cc1CNCc1ccccn1. The second-order valence-corrected chi connectivity index (χ2v) is 19.1. The number of halogens is 13. The van der Waals surface area contributed by atoms with E-state index >= 15 is 0 Å². The molecule has 0 amide bonds. The maximum Gasteiger partial charge on any atom is 2.00 e. The summed E-state index contributed by atoms with van der Waals surface area (Å²) >= 11 is 51.9. The van der Waals surface area contributed by atoms with Crippen LogP contribution in [0.3, 0.4) is 0 Å². The van der Waals surface area contributed by atoms with Crippen molar-refractivity contribution in [3.63, 3.8) is 0 Å². The van der Waals surface area contributed by atoms with Crippen LogP contribution in [0.15, 0.2) is 73.1 Å². The van der Waals surface area contributed by atoms with E-state index in [2.05, 4.69) is 111 Å². The minimum absolute atomic E-state index is 0. The fourth-order valence-electron chi connectivity index (χ4n) is 3.15. The average Bonchev–Trinajstić information content (AvgIpc) is 2.98. The molecule has 4 rings (SSSR count). The van der Waals surface area contributed by atoms with Gasteiger partial charge in [0, 0.05) is 52.9 Å². The second-order valence-electron chi connectivity index (χ2n) is 8.34. The molecule has 0 unspecified atom stereocenters. The number of pyridine rings is 2. The summed E-state index contributed by atoms with van der Waals surface area (Å²) in [6.07, 6.45) is 3.54. The number of hydrogen-bond donors (Lipinski definition) is 2. The van der Waals surface area contributed by atoms with Crippen LogP contribution in [0.4, 0.5) is 0 Å². The number of hydrogen-bond acceptors (Lipinski definition) is 6. The molecule has 0 aliphatic carbocycles. The largest absolute Gasteiger partial charge is 2.00 e. The van der Waals surface area contributed by atoms with E-state index in [1.54, 1.807) is 12.4 Å². The van der Waals surface area contributed by atoms with E-state index in [-0.39, 0.29) is 28.0 Å². The van der Waals surface area contributed by atoms with Gasteiger partial charge in [-0.25, -0.2) is 0 Å². The van der Waals surface area contributed by atoms with Gasteiger partial charge in [0.1, 0.15) is 0 Å². The predicted octanol–water partition coefficient (Wildman–Crippen LogP) is 11.3. The summed E-state index contributed by atoms with van der Waals surface area (Å²) in [7, 11) is 0. The van der Waals surface area contributed by atoms with Gasteiger partial charge in [-0.05, 0) is 150 Å². The van der Waals surface area contributed by atoms with Crippen LogP contribution in [0.5, 0.6) is 11.5 Å². The summed E-state index contributed by atoms with van der Waals surface area (Å²) in [6, 6.07) is 19.3. The van der Waals surface area contributed by atoms with E-state index in [1.165, 1.54) is 0 Å². The molecule has 49 heavy (non-hydrogen) atoms. The van der Waals surface area contributed by atoms with Gasteiger partial charge < -0.3 is 20.8 Å². The molecule has 20 heteroatoms. The maximum absolute atomic E-state index is 11.9. The van der Waals surface area contributed by atoms with Crippen molar-refractivity contribution in [2.45, 2.75) is 39.1 Å². The maximum atomic E-state index is 11.9. The molecule has 2 aromatic heterocycles. The number of nitrogens with zero attached hydrogens (tertiary/aromatic N) is 2. The molecule has 0 saturated carbocycles. The van der Waals surface area contributed by atoms with Crippen molar-refractivity contribution in [2.24, 2.45) is 0 Å². The van der Waals surface area contributed by atoms with Crippen LogP contribution in [0.25, 0.3) is 0 Å². The normalized spacial score (nSPS) is 9.96. The number of nitrogens with one attached hydrogen (secondary N) is 2. The molecule has 0 fully saturated rings. The van der Waals surface area contributed by atoms with E-state index < -0.39 is 12.9 Å². The zero-order valence-corrected chi connectivity index (χ0v) is 40.9. The fraction of sp³-hybridized carbons (Fsp3) is 0.241. The quantitative estimate of drug-likeness (QED) is 0.104.